The average molecular weight is 463 g/mol. The molecule has 1 aliphatic heterocycles. The lowest BCUT2D eigenvalue weighted by atomic mass is 9.91. The molecule has 1 saturated heterocycles. The number of carbonyl (C=O) groups is 2. The fourth-order valence-corrected chi connectivity index (χ4v) is 5.45. The van der Waals surface area contributed by atoms with Gasteiger partial charge in [0, 0.05) is 36.1 Å². The van der Waals surface area contributed by atoms with E-state index < -0.39 is 0 Å². The number of nitrogens with zero attached hydrogens (tertiary/aromatic N) is 2. The van der Waals surface area contributed by atoms with Gasteiger partial charge in [-0.1, -0.05) is 38.3 Å². The van der Waals surface area contributed by atoms with Crippen LogP contribution in [0.2, 0.25) is 0 Å². The molecule has 182 valence electrons. The van der Waals surface area contributed by atoms with E-state index in [4.69, 9.17) is 0 Å². The van der Waals surface area contributed by atoms with Crippen molar-refractivity contribution in [2.24, 2.45) is 5.92 Å². The number of carbonyl (C=O) groups excluding carboxylic acids is 2. The van der Waals surface area contributed by atoms with Crippen molar-refractivity contribution >= 4 is 17.5 Å². The van der Waals surface area contributed by atoms with E-state index in [9.17, 15) is 9.59 Å². The van der Waals surface area contributed by atoms with Crippen LogP contribution < -0.4 is 10.6 Å². The van der Waals surface area contributed by atoms with Gasteiger partial charge in [0.25, 0.3) is 5.91 Å². The highest BCUT2D eigenvalue weighted by molar-refractivity contribution is 6.04. The maximum atomic E-state index is 12.8. The van der Waals surface area contributed by atoms with Gasteiger partial charge < -0.3 is 10.6 Å². The topological polar surface area (TPSA) is 74.3 Å². The van der Waals surface area contributed by atoms with Crippen molar-refractivity contribution in [2.75, 3.05) is 18.4 Å². The average Bonchev–Trinajstić information content (AvgIpc) is 2.86. The zero-order chi connectivity index (χ0) is 23.9. The molecule has 0 bridgehead atoms. The third kappa shape index (κ3) is 6.23. The lowest BCUT2D eigenvalue weighted by molar-refractivity contribution is -0.127. The van der Waals surface area contributed by atoms with E-state index in [1.54, 1.807) is 12.4 Å². The Morgan fingerprint density at radius 3 is 2.53 bits per heavy atom. The molecule has 2 heterocycles. The maximum Gasteiger partial charge on any atom is 0.257 e. The summed E-state index contributed by atoms with van der Waals surface area (Å²) in [6.45, 7) is 5.98. The van der Waals surface area contributed by atoms with Gasteiger partial charge in [-0.05, 0) is 81.4 Å². The quantitative estimate of drug-likeness (QED) is 0.589. The highest BCUT2D eigenvalue weighted by Crippen LogP contribution is 2.31. The summed E-state index contributed by atoms with van der Waals surface area (Å²) in [6.07, 6.45) is 12.2. The zero-order valence-electron chi connectivity index (χ0n) is 20.6. The minimum Gasteiger partial charge on any atom is -0.353 e. The van der Waals surface area contributed by atoms with Gasteiger partial charge in [0.05, 0.1) is 5.56 Å². The van der Waals surface area contributed by atoms with Crippen LogP contribution >= 0.6 is 0 Å². The predicted molar refractivity (Wildman–Crippen MR) is 136 cm³/mol. The smallest absolute Gasteiger partial charge is 0.257 e. The van der Waals surface area contributed by atoms with Gasteiger partial charge in [-0.15, -0.1) is 0 Å². The second kappa shape index (κ2) is 11.6. The third-order valence-corrected chi connectivity index (χ3v) is 7.35. The molecule has 2 aromatic rings. The Bertz CT molecular complexity index is 978. The largest absolute Gasteiger partial charge is 0.353 e. The van der Waals surface area contributed by atoms with Crippen molar-refractivity contribution in [2.45, 2.75) is 77.3 Å². The van der Waals surface area contributed by atoms with Crippen LogP contribution in [0, 0.1) is 12.8 Å². The van der Waals surface area contributed by atoms with E-state index in [2.05, 4.69) is 39.6 Å². The number of likely N-dealkylation sites (tertiary alicyclic amines) is 1. The summed E-state index contributed by atoms with van der Waals surface area (Å²) >= 11 is 0. The Hall–Kier alpha value is -2.73. The van der Waals surface area contributed by atoms with E-state index in [1.807, 2.05) is 25.1 Å². The second-order valence-electron chi connectivity index (χ2n) is 9.91. The molecule has 0 spiro atoms. The first-order valence-electron chi connectivity index (χ1n) is 12.9. The van der Waals surface area contributed by atoms with E-state index >= 15 is 0 Å². The van der Waals surface area contributed by atoms with E-state index in [0.29, 0.717) is 11.6 Å². The first kappa shape index (κ1) is 24.4. The second-order valence-corrected chi connectivity index (χ2v) is 9.91. The molecule has 2 fully saturated rings. The number of piperidine rings is 1. The number of hydrogen-bond donors (Lipinski definition) is 2. The van der Waals surface area contributed by atoms with Crippen molar-refractivity contribution in [3.63, 3.8) is 0 Å². The molecular weight excluding hydrogens is 424 g/mol. The fourth-order valence-electron chi connectivity index (χ4n) is 5.45. The number of benzene rings is 1. The van der Waals surface area contributed by atoms with Crippen molar-refractivity contribution in [1.29, 1.82) is 0 Å². The minimum absolute atomic E-state index is 0.129. The van der Waals surface area contributed by atoms with E-state index in [0.717, 1.165) is 56.4 Å². The summed E-state index contributed by atoms with van der Waals surface area (Å²) < 4.78 is 0. The first-order chi connectivity index (χ1) is 16.5. The van der Waals surface area contributed by atoms with Gasteiger partial charge in [0.1, 0.15) is 0 Å². The molecular formula is C28H38N4O2. The van der Waals surface area contributed by atoms with E-state index in [-0.39, 0.29) is 23.8 Å². The molecule has 1 atom stereocenters. The number of pyridine rings is 1. The lowest BCUT2D eigenvalue weighted by Crippen LogP contribution is -2.45. The van der Waals surface area contributed by atoms with Crippen LogP contribution in [0.25, 0.3) is 0 Å². The van der Waals surface area contributed by atoms with Crippen molar-refractivity contribution in [3.05, 3.63) is 59.4 Å². The summed E-state index contributed by atoms with van der Waals surface area (Å²) in [7, 11) is 0. The number of anilines is 1. The summed E-state index contributed by atoms with van der Waals surface area (Å²) in [5.74, 6) is 0.241. The van der Waals surface area contributed by atoms with Gasteiger partial charge in [0.2, 0.25) is 5.91 Å². The molecule has 6 heteroatoms. The summed E-state index contributed by atoms with van der Waals surface area (Å²) in [5.41, 5.74) is 3.52. The number of nitrogens with one attached hydrogen (secondary N) is 2. The van der Waals surface area contributed by atoms with Crippen molar-refractivity contribution < 1.29 is 9.59 Å². The van der Waals surface area contributed by atoms with Crippen LogP contribution in [0.15, 0.2) is 42.7 Å². The Morgan fingerprint density at radius 2 is 1.82 bits per heavy atom. The van der Waals surface area contributed by atoms with Gasteiger partial charge in [0.15, 0.2) is 0 Å². The monoisotopic (exact) mass is 462 g/mol. The zero-order valence-corrected chi connectivity index (χ0v) is 20.6. The molecule has 2 N–H and O–H groups in total. The fraction of sp³-hybridized carbons (Fsp3) is 0.536. The number of aromatic nitrogens is 1. The SMILES string of the molecule is CCC(c1cccc(NC(=O)c2cncc(C)c2)c1)N1CCC(C(=O)NC2CCCCC2)CC1. The number of aryl methyl sites for hydroxylation is 1. The van der Waals surface area contributed by atoms with Crippen LogP contribution in [-0.4, -0.2) is 40.8 Å². The van der Waals surface area contributed by atoms with Crippen LogP contribution in [0.4, 0.5) is 5.69 Å². The highest BCUT2D eigenvalue weighted by Gasteiger charge is 2.30. The van der Waals surface area contributed by atoms with E-state index in [1.165, 1.54) is 24.8 Å². The Labute approximate surface area is 203 Å². The molecule has 0 radical (unpaired) electrons. The normalized spacial score (nSPS) is 18.9. The van der Waals surface area contributed by atoms with Crippen LogP contribution in [-0.2, 0) is 4.79 Å². The third-order valence-electron chi connectivity index (χ3n) is 7.35. The molecule has 2 amide bonds. The van der Waals surface area contributed by atoms with Gasteiger partial charge in [-0.3, -0.25) is 19.5 Å². The highest BCUT2D eigenvalue weighted by atomic mass is 16.2. The summed E-state index contributed by atoms with van der Waals surface area (Å²) in [6, 6.07) is 10.7. The molecule has 4 rings (SSSR count). The molecule has 1 aromatic heterocycles. The van der Waals surface area contributed by atoms with Gasteiger partial charge in [-0.25, -0.2) is 0 Å². The first-order valence-corrected chi connectivity index (χ1v) is 12.9. The van der Waals surface area contributed by atoms with Gasteiger partial charge in [-0.2, -0.15) is 0 Å². The van der Waals surface area contributed by atoms with Gasteiger partial charge >= 0.3 is 0 Å². The predicted octanol–water partition coefficient (Wildman–Crippen LogP) is 5.25. The Kier molecular flexibility index (Phi) is 8.33. The molecule has 34 heavy (non-hydrogen) atoms. The lowest BCUT2D eigenvalue weighted by Gasteiger charge is -2.37. The van der Waals surface area contributed by atoms with Crippen LogP contribution in [0.3, 0.4) is 0 Å². The molecule has 1 unspecified atom stereocenters. The van der Waals surface area contributed by atoms with Crippen LogP contribution in [0.1, 0.15) is 85.8 Å². The molecule has 1 aliphatic carbocycles. The maximum absolute atomic E-state index is 12.8. The standard InChI is InChI=1S/C28H38N4O2/c1-3-26(32-14-12-21(13-15-32)27(33)30-24-9-5-4-6-10-24)22-8-7-11-25(17-22)31-28(34)23-16-20(2)18-29-19-23/h7-8,11,16-19,21,24,26H,3-6,9-10,12-15H2,1-2H3,(H,30,33)(H,31,34). The van der Waals surface area contributed by atoms with Crippen LogP contribution in [0.5, 0.6) is 0 Å². The van der Waals surface area contributed by atoms with Crippen molar-refractivity contribution in [3.8, 4) is 0 Å². The van der Waals surface area contributed by atoms with Crippen molar-refractivity contribution in [1.82, 2.24) is 15.2 Å². The Morgan fingerprint density at radius 1 is 1.06 bits per heavy atom. The molecule has 2 aliphatic rings. The Balaban J connectivity index is 1.34. The number of rotatable bonds is 7. The molecule has 6 nitrogen and oxygen atoms in total. The number of hydrogen-bond acceptors (Lipinski definition) is 4. The minimum atomic E-state index is -0.147. The summed E-state index contributed by atoms with van der Waals surface area (Å²) in [5, 5.41) is 6.34. The molecule has 1 aromatic carbocycles. The summed E-state index contributed by atoms with van der Waals surface area (Å²) in [4.78, 5) is 32.1. The number of amides is 2. The molecule has 1 saturated carbocycles.